The largest absolute Gasteiger partial charge is 0.312 e. The first-order chi connectivity index (χ1) is 21.1. The molecule has 0 aromatic rings. The molecule has 0 saturated heterocycles. The van der Waals surface area contributed by atoms with Crippen LogP contribution in [-0.4, -0.2) is 260 Å². The van der Waals surface area contributed by atoms with Crippen molar-refractivity contribution in [3.8, 4) is 0 Å². The zero-order valence-corrected chi connectivity index (χ0v) is 37.0. The van der Waals surface area contributed by atoms with Crippen LogP contribution in [0.3, 0.4) is 0 Å². The van der Waals surface area contributed by atoms with Crippen LogP contribution in [0.25, 0.3) is 0 Å². The van der Waals surface area contributed by atoms with Gasteiger partial charge in [-0.3, -0.25) is 49.0 Å². The van der Waals surface area contributed by atoms with Crippen molar-refractivity contribution in [2.24, 2.45) is 11.8 Å². The molecule has 0 aromatic carbocycles. The van der Waals surface area contributed by atoms with Gasteiger partial charge in [0.25, 0.3) is 0 Å². The van der Waals surface area contributed by atoms with Gasteiger partial charge in [-0.15, -0.1) is 0 Å². The second-order valence-electron chi connectivity index (χ2n) is 16.2. The highest BCUT2D eigenvalue weighted by Crippen LogP contribution is 2.16. The van der Waals surface area contributed by atoms with Crippen molar-refractivity contribution >= 4 is 0 Å². The molecule has 0 aromatic heterocycles. The van der Waals surface area contributed by atoms with E-state index >= 15 is 0 Å². The molecule has 12 nitrogen and oxygen atoms in total. The lowest BCUT2D eigenvalue weighted by Gasteiger charge is -2.31. The van der Waals surface area contributed by atoms with Gasteiger partial charge in [0.2, 0.25) is 0 Å². The van der Waals surface area contributed by atoms with E-state index in [4.69, 9.17) is 0 Å². The van der Waals surface area contributed by atoms with E-state index in [1.165, 1.54) is 0 Å². The summed E-state index contributed by atoms with van der Waals surface area (Å²) in [6.45, 7) is 16.1. The van der Waals surface area contributed by atoms with Gasteiger partial charge in [0.1, 0.15) is 0 Å². The summed E-state index contributed by atoms with van der Waals surface area (Å²) in [6.07, 6.45) is 0. The fourth-order valence-electron chi connectivity index (χ4n) is 5.33. The van der Waals surface area contributed by atoms with Crippen molar-refractivity contribution in [2.45, 2.75) is 33.7 Å². The van der Waals surface area contributed by atoms with Crippen LogP contribution >= 0.6 is 0 Å². The lowest BCUT2D eigenvalue weighted by molar-refractivity contribution is 0.0743. The molecule has 47 heavy (non-hydrogen) atoms. The quantitative estimate of drug-likeness (QED) is 0.212. The SMILES string of the molecule is CC(C)C(C(C)C)N(C)C.CN(C)C.CN(C)CN(C)C.CN(C)CN(C)CN(C)CN(C)C.CN(C)CN(CN(C)C)CN(C)C. The summed E-state index contributed by atoms with van der Waals surface area (Å²) in [5, 5.41) is 0. The third kappa shape index (κ3) is 55.2. The average molecular weight is 681 g/mol. The Morgan fingerprint density at radius 1 is 0.298 bits per heavy atom. The van der Waals surface area contributed by atoms with Crippen LogP contribution in [0.4, 0.5) is 0 Å². The predicted molar refractivity (Wildman–Crippen MR) is 214 cm³/mol. The Labute approximate surface area is 298 Å². The molecule has 0 aliphatic carbocycles. The molecule has 0 amide bonds. The number of hydrogen-bond acceptors (Lipinski definition) is 12. The van der Waals surface area contributed by atoms with E-state index in [0.29, 0.717) is 0 Å². The maximum atomic E-state index is 2.38. The number of hydrogen-bond donors (Lipinski definition) is 0. The van der Waals surface area contributed by atoms with E-state index in [1.807, 2.05) is 26.0 Å². The third-order valence-corrected chi connectivity index (χ3v) is 5.51. The molecule has 12 heteroatoms. The Kier molecular flexibility index (Phi) is 40.4. The van der Waals surface area contributed by atoms with Crippen LogP contribution in [0.5, 0.6) is 0 Å². The van der Waals surface area contributed by atoms with Crippen LogP contribution in [0.1, 0.15) is 27.7 Å². The van der Waals surface area contributed by atoms with Crippen LogP contribution in [0.2, 0.25) is 0 Å². The molecule has 0 radical (unpaired) electrons. The summed E-state index contributed by atoms with van der Waals surface area (Å²) in [5.41, 5.74) is 0. The molecule has 0 fully saturated rings. The molecule has 0 rings (SSSR count). The van der Waals surface area contributed by atoms with E-state index in [0.717, 1.165) is 64.6 Å². The molecule has 0 N–H and O–H groups in total. The summed E-state index contributed by atoms with van der Waals surface area (Å²) in [7, 11) is 43.7. The predicted octanol–water partition coefficient (Wildman–Crippen LogP) is 2.16. The van der Waals surface area contributed by atoms with Crippen molar-refractivity contribution in [1.29, 1.82) is 0 Å². The van der Waals surface area contributed by atoms with Crippen LogP contribution in [0, 0.1) is 11.8 Å². The smallest absolute Gasteiger partial charge is 0.0525 e. The molecule has 0 bridgehead atoms. The van der Waals surface area contributed by atoms with Crippen molar-refractivity contribution in [1.82, 2.24) is 58.8 Å². The van der Waals surface area contributed by atoms with Gasteiger partial charge in [0, 0.05) is 12.7 Å². The summed E-state index contributed by atoms with van der Waals surface area (Å²) >= 11 is 0. The Bertz CT molecular complexity index is 544. The highest BCUT2D eigenvalue weighted by molar-refractivity contribution is 4.72. The minimum Gasteiger partial charge on any atom is -0.312 e. The third-order valence-electron chi connectivity index (χ3n) is 5.51. The van der Waals surface area contributed by atoms with E-state index in [-0.39, 0.29) is 0 Å². The molecule has 0 aliphatic heterocycles. The van der Waals surface area contributed by atoms with E-state index in [2.05, 4.69) is 208 Å². The average Bonchev–Trinajstić information content (AvgIpc) is 2.75. The van der Waals surface area contributed by atoms with E-state index in [9.17, 15) is 0 Å². The topological polar surface area (TPSA) is 38.9 Å². The summed E-state index contributed by atoms with van der Waals surface area (Å²) < 4.78 is 0. The molecule has 0 saturated carbocycles. The lowest BCUT2D eigenvalue weighted by Crippen LogP contribution is -2.44. The van der Waals surface area contributed by atoms with Gasteiger partial charge in [0.15, 0.2) is 0 Å². The second kappa shape index (κ2) is 34.0. The first-order valence-corrected chi connectivity index (χ1v) is 17.1. The maximum Gasteiger partial charge on any atom is 0.0525 e. The first kappa shape index (κ1) is 55.9. The zero-order chi connectivity index (χ0) is 38.6. The van der Waals surface area contributed by atoms with Crippen molar-refractivity contribution < 1.29 is 0 Å². The van der Waals surface area contributed by atoms with E-state index in [1.54, 1.807) is 0 Å². The minimum atomic E-state index is 0.722. The lowest BCUT2D eigenvalue weighted by atomic mass is 9.92. The zero-order valence-electron chi connectivity index (χ0n) is 37.0. The van der Waals surface area contributed by atoms with Gasteiger partial charge >= 0.3 is 0 Å². The molecule has 0 spiro atoms. The Morgan fingerprint density at radius 2 is 0.511 bits per heavy atom. The van der Waals surface area contributed by atoms with Crippen LogP contribution in [-0.2, 0) is 0 Å². The van der Waals surface area contributed by atoms with Gasteiger partial charge in [0.05, 0.1) is 40.0 Å². The van der Waals surface area contributed by atoms with Gasteiger partial charge in [-0.1, -0.05) is 27.7 Å². The normalized spacial score (nSPS) is 12.0. The van der Waals surface area contributed by atoms with Crippen LogP contribution < -0.4 is 0 Å². The summed E-state index contributed by atoms with van der Waals surface area (Å²) in [5.74, 6) is 1.52. The number of rotatable bonds is 17. The van der Waals surface area contributed by atoms with Crippen molar-refractivity contribution in [3.05, 3.63) is 0 Å². The number of nitrogens with zero attached hydrogens (tertiary/aromatic N) is 12. The first-order valence-electron chi connectivity index (χ1n) is 17.1. The molecule has 0 aliphatic rings. The Hall–Kier alpha value is -0.480. The molecule has 0 atom stereocenters. The maximum absolute atomic E-state index is 2.38. The van der Waals surface area contributed by atoms with E-state index < -0.39 is 0 Å². The summed E-state index contributed by atoms with van der Waals surface area (Å²) in [6, 6.07) is 0.722. The second-order valence-corrected chi connectivity index (χ2v) is 16.2. The van der Waals surface area contributed by atoms with Gasteiger partial charge in [-0.05, 0) is 160 Å². The fraction of sp³-hybridized carbons (Fsp3) is 1.00. The molecule has 0 unspecified atom stereocenters. The highest BCUT2D eigenvalue weighted by Gasteiger charge is 2.18. The van der Waals surface area contributed by atoms with Crippen LogP contribution in [0.15, 0.2) is 0 Å². The van der Waals surface area contributed by atoms with Gasteiger partial charge < -0.3 is 9.80 Å². The molecular formula is C35H92N12. The minimum absolute atomic E-state index is 0.722. The Balaban J connectivity index is -0.000000164. The van der Waals surface area contributed by atoms with Gasteiger partial charge in [-0.25, -0.2) is 0 Å². The highest BCUT2D eigenvalue weighted by atomic mass is 15.4. The van der Waals surface area contributed by atoms with Crippen molar-refractivity contribution in [3.63, 3.8) is 0 Å². The molecule has 292 valence electrons. The van der Waals surface area contributed by atoms with Crippen molar-refractivity contribution in [2.75, 3.05) is 195 Å². The standard InChI is InChI=1S/2C9H24N4.C9H21N.C5H14N2.C3H9N/c1-10(2)7-12(5)9-13(6)8-11(3)4;1-10(2)7-13(8-11(3)4)9-12(5)6;1-7(2)9(8(3)4)10(5)6;1-6(2)5-7(3)4;1-4(2)3/h2*7-9H2,1-6H3;7-9H,1-6H3;5H2,1-4H3;1-3H3. The van der Waals surface area contributed by atoms with Gasteiger partial charge in [-0.2, -0.15) is 0 Å². The fourth-order valence-corrected chi connectivity index (χ4v) is 5.33. The monoisotopic (exact) mass is 681 g/mol. The summed E-state index contributed by atoms with van der Waals surface area (Å²) in [4.78, 5) is 26.4. The molecular weight excluding hydrogens is 588 g/mol. The Morgan fingerprint density at radius 3 is 0.617 bits per heavy atom. The molecule has 0 heterocycles.